The summed E-state index contributed by atoms with van der Waals surface area (Å²) in [6.07, 6.45) is 2.79. The van der Waals surface area contributed by atoms with Crippen LogP contribution in [0.5, 0.6) is 5.75 Å². The van der Waals surface area contributed by atoms with E-state index < -0.39 is 17.7 Å². The molecule has 2 aromatic rings. The quantitative estimate of drug-likeness (QED) is 0.337. The zero-order chi connectivity index (χ0) is 20.1. The van der Waals surface area contributed by atoms with Gasteiger partial charge in [0.15, 0.2) is 0 Å². The second-order valence-corrected chi connectivity index (χ2v) is 6.84. The van der Waals surface area contributed by atoms with Crippen LogP contribution in [0.1, 0.15) is 43.4 Å². The van der Waals surface area contributed by atoms with Crippen molar-refractivity contribution in [1.29, 1.82) is 0 Å². The van der Waals surface area contributed by atoms with E-state index in [1.54, 1.807) is 48.4 Å². The van der Waals surface area contributed by atoms with Crippen LogP contribution < -0.4 is 4.74 Å². The Labute approximate surface area is 165 Å². The molecule has 0 aromatic heterocycles. The van der Waals surface area contributed by atoms with E-state index in [4.69, 9.17) is 4.74 Å². The fourth-order valence-electron chi connectivity index (χ4n) is 3.53. The van der Waals surface area contributed by atoms with Crippen molar-refractivity contribution in [3.63, 3.8) is 0 Å². The summed E-state index contributed by atoms with van der Waals surface area (Å²) in [7, 11) is 1.58. The standard InChI is InChI=1S/C23H25NO4/c1-3-4-8-15-24-20(16-11-13-18(28-2)14-12-16)19(22(26)23(24)27)21(25)17-9-6-5-7-10-17/h5-7,9-14,20,25H,3-4,8,15H2,1-2H3/b21-19-. The number of methoxy groups -OCH3 is 1. The molecule has 1 amide bonds. The van der Waals surface area contributed by atoms with Gasteiger partial charge in [0.2, 0.25) is 0 Å². The monoisotopic (exact) mass is 379 g/mol. The minimum Gasteiger partial charge on any atom is -0.507 e. The highest BCUT2D eigenvalue weighted by molar-refractivity contribution is 6.46. The lowest BCUT2D eigenvalue weighted by atomic mass is 9.95. The molecule has 1 N–H and O–H groups in total. The van der Waals surface area contributed by atoms with Crippen LogP contribution in [0.4, 0.5) is 0 Å². The molecule has 1 aliphatic heterocycles. The number of aliphatic hydroxyl groups is 1. The molecule has 146 valence electrons. The molecule has 0 bridgehead atoms. The Kier molecular flexibility index (Phi) is 6.14. The van der Waals surface area contributed by atoms with E-state index in [1.165, 1.54) is 0 Å². The highest BCUT2D eigenvalue weighted by atomic mass is 16.5. The minimum absolute atomic E-state index is 0.137. The molecule has 3 rings (SSSR count). The maximum absolute atomic E-state index is 12.8. The molecule has 5 heteroatoms. The summed E-state index contributed by atoms with van der Waals surface area (Å²) in [5, 5.41) is 10.9. The zero-order valence-corrected chi connectivity index (χ0v) is 16.2. The Morgan fingerprint density at radius 3 is 2.32 bits per heavy atom. The van der Waals surface area contributed by atoms with Gasteiger partial charge in [-0.2, -0.15) is 0 Å². The van der Waals surface area contributed by atoms with Crippen molar-refractivity contribution in [1.82, 2.24) is 4.90 Å². The van der Waals surface area contributed by atoms with Crippen LogP contribution in [-0.4, -0.2) is 35.4 Å². The van der Waals surface area contributed by atoms with Crippen LogP contribution in [-0.2, 0) is 9.59 Å². The van der Waals surface area contributed by atoms with Crippen LogP contribution in [0, 0.1) is 0 Å². The molecular weight excluding hydrogens is 354 g/mol. The van der Waals surface area contributed by atoms with Crippen molar-refractivity contribution in [2.24, 2.45) is 0 Å². The topological polar surface area (TPSA) is 66.8 Å². The highest BCUT2D eigenvalue weighted by Gasteiger charge is 2.45. The summed E-state index contributed by atoms with van der Waals surface area (Å²) in [6, 6.07) is 15.5. The lowest BCUT2D eigenvalue weighted by Crippen LogP contribution is -2.30. The third kappa shape index (κ3) is 3.79. The first kappa shape index (κ1) is 19.7. The van der Waals surface area contributed by atoms with Gasteiger partial charge in [0, 0.05) is 12.1 Å². The molecule has 1 heterocycles. The Morgan fingerprint density at radius 1 is 1.04 bits per heavy atom. The summed E-state index contributed by atoms with van der Waals surface area (Å²) in [5.74, 6) is -0.652. The molecule has 28 heavy (non-hydrogen) atoms. The largest absolute Gasteiger partial charge is 0.507 e. The number of likely N-dealkylation sites (tertiary alicyclic amines) is 1. The molecular formula is C23H25NO4. The number of hydrogen-bond acceptors (Lipinski definition) is 4. The maximum atomic E-state index is 12.8. The molecule has 0 aliphatic carbocycles. The molecule has 2 aromatic carbocycles. The molecule has 0 radical (unpaired) electrons. The molecule has 5 nitrogen and oxygen atoms in total. The Morgan fingerprint density at radius 2 is 1.71 bits per heavy atom. The second-order valence-electron chi connectivity index (χ2n) is 6.84. The van der Waals surface area contributed by atoms with Crippen molar-refractivity contribution in [3.8, 4) is 5.75 Å². The number of carbonyl (C=O) groups excluding carboxylic acids is 2. The van der Waals surface area contributed by atoms with E-state index in [0.29, 0.717) is 17.9 Å². The van der Waals surface area contributed by atoms with E-state index in [1.807, 2.05) is 18.2 Å². The van der Waals surface area contributed by atoms with Crippen LogP contribution in [0.3, 0.4) is 0 Å². The predicted octanol–water partition coefficient (Wildman–Crippen LogP) is 4.31. The number of nitrogens with zero attached hydrogens (tertiary/aromatic N) is 1. The maximum Gasteiger partial charge on any atom is 0.295 e. The van der Waals surface area contributed by atoms with E-state index in [0.717, 1.165) is 24.8 Å². The van der Waals surface area contributed by atoms with Gasteiger partial charge in [0.1, 0.15) is 11.5 Å². The Bertz CT molecular complexity index is 871. The number of aliphatic hydroxyl groups excluding tert-OH is 1. The fourth-order valence-corrected chi connectivity index (χ4v) is 3.53. The number of amides is 1. The minimum atomic E-state index is -0.640. The first-order valence-electron chi connectivity index (χ1n) is 9.56. The zero-order valence-electron chi connectivity index (χ0n) is 16.2. The number of benzene rings is 2. The van der Waals surface area contributed by atoms with Crippen molar-refractivity contribution >= 4 is 17.4 Å². The van der Waals surface area contributed by atoms with E-state index in [-0.39, 0.29) is 11.3 Å². The van der Waals surface area contributed by atoms with Crippen LogP contribution in [0.2, 0.25) is 0 Å². The summed E-state index contributed by atoms with van der Waals surface area (Å²) >= 11 is 0. The molecule has 1 atom stereocenters. The number of rotatable bonds is 7. The van der Waals surface area contributed by atoms with Crippen molar-refractivity contribution in [2.75, 3.05) is 13.7 Å². The van der Waals surface area contributed by atoms with Gasteiger partial charge >= 0.3 is 0 Å². The SMILES string of the molecule is CCCCCN1C(=O)C(=O)/C(=C(\O)c2ccccc2)C1c1ccc(OC)cc1. The molecule has 1 saturated heterocycles. The van der Waals surface area contributed by atoms with E-state index in [2.05, 4.69) is 6.92 Å². The number of hydrogen-bond donors (Lipinski definition) is 1. The molecule has 1 aliphatic rings. The molecule has 1 fully saturated rings. The lowest BCUT2D eigenvalue weighted by molar-refractivity contribution is -0.139. The summed E-state index contributed by atoms with van der Waals surface area (Å²) in [4.78, 5) is 27.2. The van der Waals surface area contributed by atoms with Gasteiger partial charge in [0.05, 0.1) is 18.7 Å². The summed E-state index contributed by atoms with van der Waals surface area (Å²) in [5.41, 5.74) is 1.43. The number of ketones is 1. The third-order valence-electron chi connectivity index (χ3n) is 5.02. The van der Waals surface area contributed by atoms with E-state index in [9.17, 15) is 14.7 Å². The summed E-state index contributed by atoms with van der Waals surface area (Å²) in [6.45, 7) is 2.56. The van der Waals surface area contributed by atoms with Gasteiger partial charge in [0.25, 0.3) is 11.7 Å². The fraction of sp³-hybridized carbons (Fsp3) is 0.304. The van der Waals surface area contributed by atoms with Gasteiger partial charge in [-0.1, -0.05) is 62.2 Å². The number of Topliss-reactive ketones (excluding diaryl/α,β-unsaturated/α-hetero) is 1. The van der Waals surface area contributed by atoms with Crippen molar-refractivity contribution in [3.05, 3.63) is 71.3 Å². The highest BCUT2D eigenvalue weighted by Crippen LogP contribution is 2.39. The predicted molar refractivity (Wildman–Crippen MR) is 108 cm³/mol. The van der Waals surface area contributed by atoms with Gasteiger partial charge in [-0.15, -0.1) is 0 Å². The first-order chi connectivity index (χ1) is 13.6. The van der Waals surface area contributed by atoms with Crippen LogP contribution in [0.15, 0.2) is 60.2 Å². The lowest BCUT2D eigenvalue weighted by Gasteiger charge is -2.25. The summed E-state index contributed by atoms with van der Waals surface area (Å²) < 4.78 is 5.22. The Balaban J connectivity index is 2.09. The van der Waals surface area contributed by atoms with Gasteiger partial charge < -0.3 is 14.7 Å². The van der Waals surface area contributed by atoms with Crippen molar-refractivity contribution in [2.45, 2.75) is 32.2 Å². The van der Waals surface area contributed by atoms with Crippen molar-refractivity contribution < 1.29 is 19.4 Å². The number of carbonyl (C=O) groups is 2. The van der Waals surface area contributed by atoms with Gasteiger partial charge in [-0.05, 0) is 24.1 Å². The normalized spacial score (nSPS) is 18.5. The molecule has 0 spiro atoms. The van der Waals surface area contributed by atoms with Gasteiger partial charge in [-0.3, -0.25) is 9.59 Å². The number of ether oxygens (including phenoxy) is 1. The average molecular weight is 379 g/mol. The number of unbranched alkanes of at least 4 members (excludes halogenated alkanes) is 2. The van der Waals surface area contributed by atoms with E-state index >= 15 is 0 Å². The average Bonchev–Trinajstić information content (AvgIpc) is 2.99. The third-order valence-corrected chi connectivity index (χ3v) is 5.02. The van der Waals surface area contributed by atoms with Crippen LogP contribution >= 0.6 is 0 Å². The Hall–Kier alpha value is -3.08. The molecule has 1 unspecified atom stereocenters. The second kappa shape index (κ2) is 8.74. The van der Waals surface area contributed by atoms with Gasteiger partial charge in [-0.25, -0.2) is 0 Å². The smallest absolute Gasteiger partial charge is 0.295 e. The first-order valence-corrected chi connectivity index (χ1v) is 9.56. The van der Waals surface area contributed by atoms with Crippen LogP contribution in [0.25, 0.3) is 5.76 Å². The molecule has 0 saturated carbocycles.